The number of hydrogen-bond donors (Lipinski definition) is 4. The van der Waals surface area contributed by atoms with Gasteiger partial charge in [-0.2, -0.15) is 0 Å². The molecule has 1 aromatic rings. The predicted octanol–water partition coefficient (Wildman–Crippen LogP) is 4.79. The number of aliphatic hydroxyl groups is 2. The Balaban J connectivity index is 1.29. The Morgan fingerprint density at radius 1 is 1.09 bits per heavy atom. The minimum absolute atomic E-state index is 0.0167. The summed E-state index contributed by atoms with van der Waals surface area (Å²) in [4.78, 5) is 12.4. The Kier molecular flexibility index (Phi) is 5.99. The lowest BCUT2D eigenvalue weighted by Crippen LogP contribution is -2.58. The molecule has 192 valence electrons. The number of phenolic OH excluding ortho intramolecular Hbond substituents is 2. The van der Waals surface area contributed by atoms with Crippen molar-refractivity contribution >= 4 is 12.0 Å². The number of ether oxygens (including phenoxy) is 1. The second kappa shape index (κ2) is 8.52. The third-order valence-corrected chi connectivity index (χ3v) is 10.5. The molecule has 1 spiro atoms. The Bertz CT molecular complexity index is 1020. The standard InChI is InChI=1S/C29H40O6/c1-26(2)11-3-12-28(17-30)23(26)10-13-27-15-20(6-8-24(27)28)29(34,16-27)18-35-25(33)9-5-19-4-7-21(31)22(32)14-19/h4-5,7,9,14,20,23-24,30-32,34H,3,6,8,10-13,15-18H2,1-2H3. The number of phenols is 2. The molecule has 6 atom stereocenters. The lowest BCUT2D eigenvalue weighted by Gasteiger charge is -2.64. The first-order valence-electron chi connectivity index (χ1n) is 13.2. The summed E-state index contributed by atoms with van der Waals surface area (Å²) < 4.78 is 5.54. The van der Waals surface area contributed by atoms with E-state index in [1.165, 1.54) is 30.7 Å². The molecule has 6 nitrogen and oxygen atoms in total. The van der Waals surface area contributed by atoms with Gasteiger partial charge in [-0.05, 0) is 104 Å². The van der Waals surface area contributed by atoms with Crippen LogP contribution in [-0.4, -0.2) is 45.2 Å². The fraction of sp³-hybridized carbons (Fsp3) is 0.690. The van der Waals surface area contributed by atoms with E-state index in [1.807, 2.05) is 0 Å². The van der Waals surface area contributed by atoms with Gasteiger partial charge in [0.1, 0.15) is 12.2 Å². The van der Waals surface area contributed by atoms with Gasteiger partial charge in [-0.15, -0.1) is 0 Å². The zero-order valence-electron chi connectivity index (χ0n) is 21.0. The predicted molar refractivity (Wildman–Crippen MR) is 132 cm³/mol. The van der Waals surface area contributed by atoms with Crippen molar-refractivity contribution in [1.29, 1.82) is 0 Å². The zero-order chi connectivity index (χ0) is 25.1. The summed E-state index contributed by atoms with van der Waals surface area (Å²) in [6.45, 7) is 4.98. The summed E-state index contributed by atoms with van der Waals surface area (Å²) in [6, 6.07) is 4.32. The summed E-state index contributed by atoms with van der Waals surface area (Å²) in [5.74, 6) is 0.0576. The summed E-state index contributed by atoms with van der Waals surface area (Å²) in [5, 5.41) is 41.6. The van der Waals surface area contributed by atoms with Crippen molar-refractivity contribution in [2.45, 2.75) is 77.2 Å². The van der Waals surface area contributed by atoms with E-state index < -0.39 is 11.6 Å². The molecule has 6 heteroatoms. The lowest BCUT2D eigenvalue weighted by atomic mass is 9.41. The van der Waals surface area contributed by atoms with Gasteiger partial charge in [-0.25, -0.2) is 4.79 Å². The first-order chi connectivity index (χ1) is 16.5. The number of hydrogen-bond acceptors (Lipinski definition) is 6. The van der Waals surface area contributed by atoms with Crippen LogP contribution in [0, 0.1) is 34.0 Å². The zero-order valence-corrected chi connectivity index (χ0v) is 21.0. The van der Waals surface area contributed by atoms with Crippen LogP contribution in [0.4, 0.5) is 0 Å². The highest BCUT2D eigenvalue weighted by atomic mass is 16.5. The molecule has 5 rings (SSSR count). The van der Waals surface area contributed by atoms with Crippen LogP contribution in [0.5, 0.6) is 11.5 Å². The van der Waals surface area contributed by atoms with Crippen molar-refractivity contribution < 1.29 is 30.0 Å². The molecule has 6 unspecified atom stereocenters. The van der Waals surface area contributed by atoms with Crippen LogP contribution < -0.4 is 0 Å². The Hall–Kier alpha value is -2.05. The molecule has 4 fully saturated rings. The van der Waals surface area contributed by atoms with Gasteiger partial charge >= 0.3 is 5.97 Å². The van der Waals surface area contributed by atoms with Gasteiger partial charge in [0.05, 0.1) is 0 Å². The lowest BCUT2D eigenvalue weighted by molar-refractivity contribution is -0.174. The molecule has 4 N–H and O–H groups in total. The van der Waals surface area contributed by atoms with E-state index >= 15 is 0 Å². The fourth-order valence-electron chi connectivity index (χ4n) is 9.13. The minimum Gasteiger partial charge on any atom is -0.504 e. The Morgan fingerprint density at radius 3 is 2.63 bits per heavy atom. The number of aliphatic hydroxyl groups excluding tert-OH is 1. The third-order valence-electron chi connectivity index (χ3n) is 10.5. The van der Waals surface area contributed by atoms with Gasteiger partial charge < -0.3 is 25.2 Å². The molecule has 4 aliphatic carbocycles. The molecular weight excluding hydrogens is 444 g/mol. The van der Waals surface area contributed by atoms with E-state index in [0.29, 0.717) is 23.8 Å². The minimum atomic E-state index is -1.03. The number of fused-ring (bicyclic) bond motifs is 3. The normalized spacial score (nSPS) is 39.7. The molecule has 4 aliphatic rings. The smallest absolute Gasteiger partial charge is 0.330 e. The monoisotopic (exact) mass is 484 g/mol. The van der Waals surface area contributed by atoms with E-state index in [4.69, 9.17) is 4.74 Å². The fourth-order valence-corrected chi connectivity index (χ4v) is 9.13. The average Bonchev–Trinajstić information content (AvgIpc) is 3.02. The molecular formula is C29H40O6. The molecule has 35 heavy (non-hydrogen) atoms. The molecule has 1 aromatic carbocycles. The van der Waals surface area contributed by atoms with Gasteiger partial charge in [-0.3, -0.25) is 0 Å². The highest BCUT2D eigenvalue weighted by molar-refractivity contribution is 5.87. The summed E-state index contributed by atoms with van der Waals surface area (Å²) in [7, 11) is 0. The van der Waals surface area contributed by atoms with E-state index in [1.54, 1.807) is 6.07 Å². The largest absolute Gasteiger partial charge is 0.504 e. The van der Waals surface area contributed by atoms with Crippen LogP contribution >= 0.6 is 0 Å². The average molecular weight is 485 g/mol. The molecule has 2 bridgehead atoms. The number of benzene rings is 1. The van der Waals surface area contributed by atoms with Crippen LogP contribution in [0.2, 0.25) is 0 Å². The highest BCUT2D eigenvalue weighted by Gasteiger charge is 2.68. The number of esters is 1. The summed E-state index contributed by atoms with van der Waals surface area (Å²) in [6.07, 6.45) is 12.0. The first-order valence-corrected chi connectivity index (χ1v) is 13.2. The second-order valence-electron chi connectivity index (χ2n) is 12.7. The van der Waals surface area contributed by atoms with Crippen LogP contribution in [0.3, 0.4) is 0 Å². The third kappa shape index (κ3) is 3.97. The van der Waals surface area contributed by atoms with E-state index in [2.05, 4.69) is 13.8 Å². The SMILES string of the molecule is CC1(C)CCCC2(CO)C1CCC13CC(CCC12)C(O)(COC(=O)C=Cc1ccc(O)c(O)c1)C3. The van der Waals surface area contributed by atoms with Gasteiger partial charge in [-0.1, -0.05) is 26.3 Å². The van der Waals surface area contributed by atoms with Crippen molar-refractivity contribution in [2.24, 2.45) is 34.0 Å². The molecule has 0 saturated heterocycles. The van der Waals surface area contributed by atoms with E-state index in [-0.39, 0.29) is 46.9 Å². The van der Waals surface area contributed by atoms with Crippen LogP contribution in [0.25, 0.3) is 6.08 Å². The quantitative estimate of drug-likeness (QED) is 0.272. The van der Waals surface area contributed by atoms with Gasteiger partial charge in [0, 0.05) is 18.1 Å². The Labute approximate surface area is 208 Å². The maximum atomic E-state index is 12.4. The Morgan fingerprint density at radius 2 is 1.89 bits per heavy atom. The maximum absolute atomic E-state index is 12.4. The maximum Gasteiger partial charge on any atom is 0.330 e. The number of carbonyl (C=O) groups excluding carboxylic acids is 1. The van der Waals surface area contributed by atoms with Crippen molar-refractivity contribution in [3.8, 4) is 11.5 Å². The van der Waals surface area contributed by atoms with Gasteiger partial charge in [0.25, 0.3) is 0 Å². The van der Waals surface area contributed by atoms with Crippen molar-refractivity contribution in [2.75, 3.05) is 13.2 Å². The summed E-state index contributed by atoms with van der Waals surface area (Å²) in [5.41, 5.74) is -0.245. The highest BCUT2D eigenvalue weighted by Crippen LogP contribution is 2.72. The molecule has 0 aliphatic heterocycles. The second-order valence-corrected chi connectivity index (χ2v) is 12.7. The van der Waals surface area contributed by atoms with E-state index in [0.717, 1.165) is 44.9 Å². The van der Waals surface area contributed by atoms with Crippen molar-refractivity contribution in [3.05, 3.63) is 29.8 Å². The molecule has 0 amide bonds. The number of rotatable bonds is 5. The van der Waals surface area contributed by atoms with Gasteiger partial charge in [0.15, 0.2) is 11.5 Å². The summed E-state index contributed by atoms with van der Waals surface area (Å²) >= 11 is 0. The molecule has 0 aromatic heterocycles. The molecule has 0 heterocycles. The number of carbonyl (C=O) groups is 1. The molecule has 4 saturated carbocycles. The van der Waals surface area contributed by atoms with E-state index in [9.17, 15) is 25.2 Å². The van der Waals surface area contributed by atoms with Crippen molar-refractivity contribution in [1.82, 2.24) is 0 Å². The van der Waals surface area contributed by atoms with Crippen LogP contribution in [0.1, 0.15) is 77.2 Å². The van der Waals surface area contributed by atoms with Gasteiger partial charge in [0.2, 0.25) is 0 Å². The van der Waals surface area contributed by atoms with Crippen LogP contribution in [-0.2, 0) is 9.53 Å². The van der Waals surface area contributed by atoms with Crippen LogP contribution in [0.15, 0.2) is 24.3 Å². The number of aromatic hydroxyl groups is 2. The topological polar surface area (TPSA) is 107 Å². The first kappa shape index (κ1) is 24.6. The van der Waals surface area contributed by atoms with Crippen molar-refractivity contribution in [3.63, 3.8) is 0 Å². The molecule has 0 radical (unpaired) electrons.